The average Bonchev–Trinajstić information content (AvgIpc) is 2.42. The van der Waals surface area contributed by atoms with Crippen molar-refractivity contribution in [3.05, 3.63) is 28.8 Å². The molecule has 0 radical (unpaired) electrons. The zero-order valence-electron chi connectivity index (χ0n) is 10.1. The van der Waals surface area contributed by atoms with Crippen LogP contribution in [-0.4, -0.2) is 50.6 Å². The summed E-state index contributed by atoms with van der Waals surface area (Å²) in [6.07, 6.45) is 0.767. The van der Waals surface area contributed by atoms with Crippen LogP contribution in [0.5, 0.6) is 5.75 Å². The van der Waals surface area contributed by atoms with E-state index < -0.39 is 0 Å². The van der Waals surface area contributed by atoms with Crippen molar-refractivity contribution in [1.29, 1.82) is 0 Å². The molecule has 4 nitrogen and oxygen atoms in total. The lowest BCUT2D eigenvalue weighted by Crippen LogP contribution is -2.38. The molecule has 0 unspecified atom stereocenters. The Morgan fingerprint density at radius 2 is 2.17 bits per heavy atom. The number of benzene rings is 1. The van der Waals surface area contributed by atoms with Gasteiger partial charge in [0.05, 0.1) is 18.2 Å². The van der Waals surface area contributed by atoms with E-state index in [4.69, 9.17) is 21.1 Å². The number of rotatable bonds is 5. The molecule has 2 rings (SSSR count). The van der Waals surface area contributed by atoms with Crippen LogP contribution in [0.15, 0.2) is 18.2 Å². The fraction of sp³-hybridized carbons (Fsp3) is 0.462. The minimum absolute atomic E-state index is 0.474. The molecule has 1 fully saturated rings. The molecule has 1 aromatic carbocycles. The summed E-state index contributed by atoms with van der Waals surface area (Å²) >= 11 is 6.01. The van der Waals surface area contributed by atoms with E-state index in [0.29, 0.717) is 22.9 Å². The van der Waals surface area contributed by atoms with Crippen molar-refractivity contribution >= 4 is 17.9 Å². The van der Waals surface area contributed by atoms with Gasteiger partial charge >= 0.3 is 0 Å². The largest absolute Gasteiger partial charge is 0.491 e. The Bertz CT molecular complexity index is 405. The number of hydrogen-bond acceptors (Lipinski definition) is 4. The van der Waals surface area contributed by atoms with Crippen LogP contribution in [0.1, 0.15) is 10.4 Å². The monoisotopic (exact) mass is 269 g/mol. The second-order valence-corrected chi connectivity index (χ2v) is 4.52. The molecule has 0 saturated carbocycles. The van der Waals surface area contributed by atoms with Gasteiger partial charge in [-0.05, 0) is 18.2 Å². The summed E-state index contributed by atoms with van der Waals surface area (Å²) in [7, 11) is 0. The molecule has 1 aliphatic rings. The SMILES string of the molecule is O=Cc1ccc(OCCN2CCOCC2)c(Cl)c1. The maximum atomic E-state index is 10.6. The van der Waals surface area contributed by atoms with Crippen LogP contribution in [0, 0.1) is 0 Å². The number of nitrogens with zero attached hydrogens (tertiary/aromatic N) is 1. The van der Waals surface area contributed by atoms with Gasteiger partial charge in [-0.1, -0.05) is 11.6 Å². The van der Waals surface area contributed by atoms with Gasteiger partial charge in [-0.3, -0.25) is 9.69 Å². The van der Waals surface area contributed by atoms with Crippen LogP contribution in [0.3, 0.4) is 0 Å². The molecule has 1 aliphatic heterocycles. The van der Waals surface area contributed by atoms with Gasteiger partial charge in [0.25, 0.3) is 0 Å². The first-order chi connectivity index (χ1) is 8.79. The first kappa shape index (κ1) is 13.3. The predicted molar refractivity (Wildman–Crippen MR) is 69.6 cm³/mol. The average molecular weight is 270 g/mol. The Kier molecular flexibility index (Phi) is 4.99. The van der Waals surface area contributed by atoms with Gasteiger partial charge in [0.1, 0.15) is 18.6 Å². The van der Waals surface area contributed by atoms with Crippen LogP contribution in [-0.2, 0) is 4.74 Å². The van der Waals surface area contributed by atoms with Crippen molar-refractivity contribution in [3.8, 4) is 5.75 Å². The van der Waals surface area contributed by atoms with E-state index in [-0.39, 0.29) is 0 Å². The molecule has 98 valence electrons. The fourth-order valence-electron chi connectivity index (χ4n) is 1.82. The highest BCUT2D eigenvalue weighted by molar-refractivity contribution is 6.32. The van der Waals surface area contributed by atoms with E-state index in [2.05, 4.69) is 4.90 Å². The molecule has 0 bridgehead atoms. The third-order valence-electron chi connectivity index (χ3n) is 2.86. The summed E-state index contributed by atoms with van der Waals surface area (Å²) in [5.74, 6) is 0.621. The summed E-state index contributed by atoms with van der Waals surface area (Å²) in [5.41, 5.74) is 0.556. The zero-order chi connectivity index (χ0) is 12.8. The highest BCUT2D eigenvalue weighted by atomic mass is 35.5. The van der Waals surface area contributed by atoms with Crippen molar-refractivity contribution in [3.63, 3.8) is 0 Å². The van der Waals surface area contributed by atoms with Gasteiger partial charge in [0.2, 0.25) is 0 Å². The second-order valence-electron chi connectivity index (χ2n) is 4.11. The zero-order valence-corrected chi connectivity index (χ0v) is 10.9. The van der Waals surface area contributed by atoms with E-state index in [9.17, 15) is 4.79 Å². The summed E-state index contributed by atoms with van der Waals surface area (Å²) < 4.78 is 10.9. The quantitative estimate of drug-likeness (QED) is 0.765. The van der Waals surface area contributed by atoms with Gasteiger partial charge in [0.15, 0.2) is 0 Å². The molecular weight excluding hydrogens is 254 g/mol. The minimum Gasteiger partial charge on any atom is -0.491 e. The summed E-state index contributed by atoms with van der Waals surface area (Å²) in [6, 6.07) is 5.03. The van der Waals surface area contributed by atoms with Crippen molar-refractivity contribution < 1.29 is 14.3 Å². The molecule has 0 amide bonds. The van der Waals surface area contributed by atoms with Crippen LogP contribution < -0.4 is 4.74 Å². The molecule has 5 heteroatoms. The van der Waals surface area contributed by atoms with Crippen LogP contribution in [0.25, 0.3) is 0 Å². The number of aldehydes is 1. The maximum absolute atomic E-state index is 10.6. The predicted octanol–water partition coefficient (Wildman–Crippen LogP) is 1.86. The van der Waals surface area contributed by atoms with E-state index in [1.54, 1.807) is 18.2 Å². The van der Waals surface area contributed by atoms with Crippen molar-refractivity contribution in [2.24, 2.45) is 0 Å². The smallest absolute Gasteiger partial charge is 0.150 e. The number of carbonyl (C=O) groups is 1. The molecule has 1 aromatic rings. The highest BCUT2D eigenvalue weighted by Crippen LogP contribution is 2.24. The lowest BCUT2D eigenvalue weighted by molar-refractivity contribution is 0.0322. The number of ether oxygens (including phenoxy) is 2. The van der Waals surface area contributed by atoms with Crippen LogP contribution in [0.4, 0.5) is 0 Å². The second kappa shape index (κ2) is 6.73. The van der Waals surface area contributed by atoms with Crippen LogP contribution >= 0.6 is 11.6 Å². The number of morpholine rings is 1. The maximum Gasteiger partial charge on any atom is 0.150 e. The normalized spacial score (nSPS) is 16.5. The lowest BCUT2D eigenvalue weighted by atomic mass is 10.2. The van der Waals surface area contributed by atoms with Crippen molar-refractivity contribution in [2.45, 2.75) is 0 Å². The number of halogens is 1. The molecule has 1 saturated heterocycles. The summed E-state index contributed by atoms with van der Waals surface area (Å²) in [6.45, 7) is 4.90. The molecule has 1 heterocycles. The lowest BCUT2D eigenvalue weighted by Gasteiger charge is -2.26. The Labute approximate surface area is 111 Å². The van der Waals surface area contributed by atoms with Gasteiger partial charge in [-0.15, -0.1) is 0 Å². The fourth-order valence-corrected chi connectivity index (χ4v) is 2.06. The van der Waals surface area contributed by atoms with E-state index in [1.807, 2.05) is 0 Å². The topological polar surface area (TPSA) is 38.8 Å². The molecule has 0 aromatic heterocycles. The van der Waals surface area contributed by atoms with Gasteiger partial charge in [-0.25, -0.2) is 0 Å². The first-order valence-electron chi connectivity index (χ1n) is 5.97. The number of carbonyl (C=O) groups excluding carboxylic acids is 1. The minimum atomic E-state index is 0.474. The molecule has 0 N–H and O–H groups in total. The van der Waals surface area contributed by atoms with Crippen molar-refractivity contribution in [1.82, 2.24) is 4.90 Å². The van der Waals surface area contributed by atoms with Gasteiger partial charge in [0, 0.05) is 25.2 Å². The Balaban J connectivity index is 1.80. The third-order valence-corrected chi connectivity index (χ3v) is 3.16. The Hall–Kier alpha value is -1.10. The number of hydrogen-bond donors (Lipinski definition) is 0. The molecule has 0 atom stereocenters. The van der Waals surface area contributed by atoms with Crippen LogP contribution in [0.2, 0.25) is 5.02 Å². The molecule has 18 heavy (non-hydrogen) atoms. The van der Waals surface area contributed by atoms with E-state index in [0.717, 1.165) is 39.1 Å². The summed E-state index contributed by atoms with van der Waals surface area (Å²) in [4.78, 5) is 12.9. The highest BCUT2D eigenvalue weighted by Gasteiger charge is 2.10. The Morgan fingerprint density at radius 3 is 2.83 bits per heavy atom. The Morgan fingerprint density at radius 1 is 1.39 bits per heavy atom. The van der Waals surface area contributed by atoms with Gasteiger partial charge < -0.3 is 9.47 Å². The molecular formula is C13H16ClNO3. The van der Waals surface area contributed by atoms with Gasteiger partial charge in [-0.2, -0.15) is 0 Å². The molecule has 0 aliphatic carbocycles. The first-order valence-corrected chi connectivity index (χ1v) is 6.35. The standard InChI is InChI=1S/C13H16ClNO3/c14-12-9-11(10-16)1-2-13(12)18-8-5-15-3-6-17-7-4-15/h1-2,9-10H,3-8H2. The summed E-state index contributed by atoms with van der Waals surface area (Å²) in [5, 5.41) is 0.474. The third kappa shape index (κ3) is 3.70. The van der Waals surface area contributed by atoms with Crippen molar-refractivity contribution in [2.75, 3.05) is 39.5 Å². The molecule has 0 spiro atoms. The van der Waals surface area contributed by atoms with E-state index in [1.165, 1.54) is 0 Å². The van der Waals surface area contributed by atoms with E-state index >= 15 is 0 Å².